The third-order valence-electron chi connectivity index (χ3n) is 2.43. The second kappa shape index (κ2) is 4.70. The molecule has 18 heavy (non-hydrogen) atoms. The molecule has 0 aliphatic rings. The van der Waals surface area contributed by atoms with Gasteiger partial charge in [-0.2, -0.15) is 0 Å². The number of nitrogen functional groups attached to an aromatic ring is 1. The Kier molecular flexibility index (Phi) is 3.09. The van der Waals surface area contributed by atoms with E-state index in [1.165, 1.54) is 6.33 Å². The molecule has 2 aromatic rings. The van der Waals surface area contributed by atoms with Gasteiger partial charge < -0.3 is 16.2 Å². The zero-order valence-corrected chi connectivity index (χ0v) is 9.75. The van der Waals surface area contributed by atoms with Crippen molar-refractivity contribution in [3.05, 3.63) is 41.7 Å². The number of aromatic nitrogens is 2. The molecule has 0 spiro atoms. The van der Waals surface area contributed by atoms with Crippen molar-refractivity contribution in [2.75, 3.05) is 5.73 Å². The van der Waals surface area contributed by atoms with Gasteiger partial charge in [-0.15, -0.1) is 0 Å². The van der Waals surface area contributed by atoms with Gasteiger partial charge >= 0.3 is 0 Å². The fourth-order valence-electron chi connectivity index (χ4n) is 1.35. The number of hydrogen-bond donors (Lipinski definition) is 2. The minimum atomic E-state index is -0.482. The van der Waals surface area contributed by atoms with Crippen LogP contribution >= 0.6 is 0 Å². The number of hydrogen-bond acceptors (Lipinski definition) is 5. The Morgan fingerprint density at radius 2 is 1.89 bits per heavy atom. The van der Waals surface area contributed by atoms with E-state index in [0.29, 0.717) is 28.6 Å². The Labute approximate surface area is 104 Å². The van der Waals surface area contributed by atoms with Gasteiger partial charge in [0.25, 0.3) is 0 Å². The van der Waals surface area contributed by atoms with E-state index >= 15 is 0 Å². The molecular formula is C12H12N4O2. The van der Waals surface area contributed by atoms with E-state index in [4.69, 9.17) is 16.2 Å². The molecule has 0 aliphatic heterocycles. The third-order valence-corrected chi connectivity index (χ3v) is 2.43. The first-order valence-corrected chi connectivity index (χ1v) is 5.22. The van der Waals surface area contributed by atoms with Crippen LogP contribution in [0.4, 0.5) is 5.82 Å². The first-order valence-electron chi connectivity index (χ1n) is 5.22. The highest BCUT2D eigenvalue weighted by molar-refractivity contribution is 5.92. The third kappa shape index (κ3) is 2.37. The molecule has 0 atom stereocenters. The molecule has 4 N–H and O–H groups in total. The van der Waals surface area contributed by atoms with E-state index in [-0.39, 0.29) is 0 Å². The SMILES string of the molecule is Cc1c(N)ncnc1Oc1ccc(C(N)=O)cc1. The van der Waals surface area contributed by atoms with Gasteiger partial charge in [-0.25, -0.2) is 9.97 Å². The zero-order valence-electron chi connectivity index (χ0n) is 9.75. The molecule has 6 nitrogen and oxygen atoms in total. The van der Waals surface area contributed by atoms with Crippen molar-refractivity contribution in [2.45, 2.75) is 6.92 Å². The van der Waals surface area contributed by atoms with Gasteiger partial charge in [-0.3, -0.25) is 4.79 Å². The van der Waals surface area contributed by atoms with Crippen molar-refractivity contribution in [3.8, 4) is 11.6 Å². The number of amides is 1. The van der Waals surface area contributed by atoms with Gasteiger partial charge in [-0.05, 0) is 31.2 Å². The zero-order chi connectivity index (χ0) is 13.1. The van der Waals surface area contributed by atoms with Crippen molar-refractivity contribution in [1.29, 1.82) is 0 Å². The number of nitrogens with two attached hydrogens (primary N) is 2. The van der Waals surface area contributed by atoms with Crippen molar-refractivity contribution < 1.29 is 9.53 Å². The number of rotatable bonds is 3. The molecule has 1 aromatic carbocycles. The molecule has 0 bridgehead atoms. The minimum Gasteiger partial charge on any atom is -0.439 e. The molecule has 2 rings (SSSR count). The molecule has 1 aromatic heterocycles. The van der Waals surface area contributed by atoms with Crippen LogP contribution < -0.4 is 16.2 Å². The molecule has 1 heterocycles. The molecule has 0 saturated carbocycles. The summed E-state index contributed by atoms with van der Waals surface area (Å²) in [5.74, 6) is 0.813. The Balaban J connectivity index is 2.24. The largest absolute Gasteiger partial charge is 0.439 e. The number of nitrogens with zero attached hydrogens (tertiary/aromatic N) is 2. The molecule has 0 radical (unpaired) electrons. The van der Waals surface area contributed by atoms with Crippen LogP contribution in [0.15, 0.2) is 30.6 Å². The van der Waals surface area contributed by atoms with Gasteiger partial charge in [0.2, 0.25) is 11.8 Å². The van der Waals surface area contributed by atoms with E-state index in [9.17, 15) is 4.79 Å². The van der Waals surface area contributed by atoms with Crippen molar-refractivity contribution >= 4 is 11.7 Å². The Morgan fingerprint density at radius 3 is 2.50 bits per heavy atom. The van der Waals surface area contributed by atoms with Gasteiger partial charge in [0.15, 0.2) is 0 Å². The monoisotopic (exact) mass is 244 g/mol. The maximum Gasteiger partial charge on any atom is 0.248 e. The highest BCUT2D eigenvalue weighted by atomic mass is 16.5. The van der Waals surface area contributed by atoms with Crippen LogP contribution in [0, 0.1) is 6.92 Å². The van der Waals surface area contributed by atoms with Crippen LogP contribution in [0.5, 0.6) is 11.6 Å². The maximum absolute atomic E-state index is 10.9. The molecule has 1 amide bonds. The number of carbonyl (C=O) groups excluding carboxylic acids is 1. The Bertz CT molecular complexity index is 581. The lowest BCUT2D eigenvalue weighted by Crippen LogP contribution is -2.10. The summed E-state index contributed by atoms with van der Waals surface area (Å²) in [5, 5.41) is 0. The van der Waals surface area contributed by atoms with Gasteiger partial charge in [0.05, 0.1) is 5.56 Å². The number of carbonyl (C=O) groups is 1. The second-order valence-electron chi connectivity index (χ2n) is 3.68. The fourth-order valence-corrected chi connectivity index (χ4v) is 1.35. The van der Waals surface area contributed by atoms with Crippen LogP contribution in [0.25, 0.3) is 0 Å². The first-order chi connectivity index (χ1) is 8.58. The highest BCUT2D eigenvalue weighted by Gasteiger charge is 2.07. The second-order valence-corrected chi connectivity index (χ2v) is 3.68. The minimum absolute atomic E-state index is 0.369. The molecule has 0 fully saturated rings. The predicted octanol–water partition coefficient (Wildman–Crippen LogP) is 1.26. The smallest absolute Gasteiger partial charge is 0.248 e. The molecule has 6 heteroatoms. The predicted molar refractivity (Wildman–Crippen MR) is 66.2 cm³/mol. The molecule has 0 unspecified atom stereocenters. The summed E-state index contributed by atoms with van der Waals surface area (Å²) in [6.45, 7) is 1.77. The number of ether oxygens (including phenoxy) is 1. The molecule has 92 valence electrons. The van der Waals surface area contributed by atoms with Crippen LogP contribution in [-0.2, 0) is 0 Å². The summed E-state index contributed by atoms with van der Waals surface area (Å²) in [7, 11) is 0. The lowest BCUT2D eigenvalue weighted by Gasteiger charge is -2.08. The van der Waals surface area contributed by atoms with Crippen LogP contribution in [0.3, 0.4) is 0 Å². The maximum atomic E-state index is 10.9. The lowest BCUT2D eigenvalue weighted by atomic mass is 10.2. The van der Waals surface area contributed by atoms with Crippen molar-refractivity contribution in [3.63, 3.8) is 0 Å². The normalized spacial score (nSPS) is 10.1. The quantitative estimate of drug-likeness (QED) is 0.845. The summed E-state index contributed by atoms with van der Waals surface area (Å²) < 4.78 is 5.54. The fraction of sp³-hybridized carbons (Fsp3) is 0.0833. The first kappa shape index (κ1) is 11.8. The highest BCUT2D eigenvalue weighted by Crippen LogP contribution is 2.24. The Hall–Kier alpha value is -2.63. The van der Waals surface area contributed by atoms with Crippen molar-refractivity contribution in [1.82, 2.24) is 9.97 Å². The van der Waals surface area contributed by atoms with E-state index in [0.717, 1.165) is 0 Å². The van der Waals surface area contributed by atoms with Crippen LogP contribution in [-0.4, -0.2) is 15.9 Å². The number of anilines is 1. The van der Waals surface area contributed by atoms with Crippen LogP contribution in [0.1, 0.15) is 15.9 Å². The molecule has 0 saturated heterocycles. The van der Waals surface area contributed by atoms with Gasteiger partial charge in [0.1, 0.15) is 17.9 Å². The molecular weight excluding hydrogens is 232 g/mol. The van der Waals surface area contributed by atoms with E-state index in [1.54, 1.807) is 31.2 Å². The van der Waals surface area contributed by atoms with Crippen LogP contribution in [0.2, 0.25) is 0 Å². The summed E-state index contributed by atoms with van der Waals surface area (Å²) in [6, 6.07) is 6.44. The van der Waals surface area contributed by atoms with Gasteiger partial charge in [0, 0.05) is 5.56 Å². The number of benzene rings is 1. The van der Waals surface area contributed by atoms with E-state index < -0.39 is 5.91 Å². The molecule has 0 aliphatic carbocycles. The van der Waals surface area contributed by atoms with E-state index in [1.807, 2.05) is 0 Å². The Morgan fingerprint density at radius 1 is 1.22 bits per heavy atom. The standard InChI is InChI=1S/C12H12N4O2/c1-7-10(13)15-6-16-12(7)18-9-4-2-8(3-5-9)11(14)17/h2-6H,1H3,(H2,14,17)(H2,13,15,16). The summed E-state index contributed by atoms with van der Waals surface area (Å²) >= 11 is 0. The summed E-state index contributed by atoms with van der Waals surface area (Å²) in [5.41, 5.74) is 11.9. The average molecular weight is 244 g/mol. The van der Waals surface area contributed by atoms with Crippen molar-refractivity contribution in [2.24, 2.45) is 5.73 Å². The lowest BCUT2D eigenvalue weighted by molar-refractivity contribution is 0.100. The number of primary amides is 1. The topological polar surface area (TPSA) is 104 Å². The summed E-state index contributed by atoms with van der Waals surface area (Å²) in [6.07, 6.45) is 1.33. The van der Waals surface area contributed by atoms with E-state index in [2.05, 4.69) is 9.97 Å². The summed E-state index contributed by atoms with van der Waals surface area (Å²) in [4.78, 5) is 18.7. The van der Waals surface area contributed by atoms with Gasteiger partial charge in [-0.1, -0.05) is 0 Å². The average Bonchev–Trinajstić information content (AvgIpc) is 2.36.